The lowest BCUT2D eigenvalue weighted by Gasteiger charge is -1.94. The van der Waals surface area contributed by atoms with Crippen LogP contribution in [-0.2, 0) is 11.2 Å². The summed E-state index contributed by atoms with van der Waals surface area (Å²) in [5.74, 6) is 1.30. The second-order valence-electron chi connectivity index (χ2n) is 3.32. The average Bonchev–Trinajstić information content (AvgIpc) is 2.66. The normalized spacial score (nSPS) is 10.3. The number of nitrogens with zero attached hydrogens (tertiary/aromatic N) is 1. The summed E-state index contributed by atoms with van der Waals surface area (Å²) in [7, 11) is 0. The van der Waals surface area contributed by atoms with E-state index in [0.29, 0.717) is 10.2 Å². The van der Waals surface area contributed by atoms with Crippen molar-refractivity contribution in [2.75, 3.05) is 9.74 Å². The number of anilines is 1. The van der Waals surface area contributed by atoms with Crippen molar-refractivity contribution in [2.45, 2.75) is 32.6 Å². The second kappa shape index (κ2) is 6.81. The van der Waals surface area contributed by atoms with Crippen LogP contribution in [0.15, 0.2) is 10.6 Å². The van der Waals surface area contributed by atoms with E-state index in [1.54, 1.807) is 6.07 Å². The monoisotopic (exact) mass is 322 g/mol. The molecule has 0 saturated heterocycles. The van der Waals surface area contributed by atoms with Crippen LogP contribution in [0.2, 0.25) is 0 Å². The Bertz CT molecular complexity index is 312. The van der Waals surface area contributed by atoms with E-state index in [0.717, 1.165) is 18.6 Å². The molecular weight excluding hydrogens is 307 g/mol. The highest BCUT2D eigenvalue weighted by molar-refractivity contribution is 14.1. The molecule has 0 bridgehead atoms. The Morgan fingerprint density at radius 1 is 1.60 bits per heavy atom. The summed E-state index contributed by atoms with van der Waals surface area (Å²) < 4.78 is 5.52. The summed E-state index contributed by atoms with van der Waals surface area (Å²) >= 11 is 2.00. The van der Waals surface area contributed by atoms with E-state index in [4.69, 9.17) is 4.52 Å². The van der Waals surface area contributed by atoms with Crippen LogP contribution in [0.4, 0.5) is 5.82 Å². The summed E-state index contributed by atoms with van der Waals surface area (Å²) in [6.45, 7) is 2.16. The first-order valence-electron chi connectivity index (χ1n) is 5.07. The molecule has 0 spiro atoms. The summed E-state index contributed by atoms with van der Waals surface area (Å²) in [4.78, 5) is 11.1. The van der Waals surface area contributed by atoms with Crippen molar-refractivity contribution in [1.82, 2.24) is 5.16 Å². The molecule has 1 amide bonds. The van der Waals surface area contributed by atoms with Crippen LogP contribution in [0.1, 0.15) is 31.9 Å². The number of rotatable bonds is 6. The van der Waals surface area contributed by atoms with Gasteiger partial charge in [0.25, 0.3) is 0 Å². The van der Waals surface area contributed by atoms with Crippen LogP contribution in [0.5, 0.6) is 0 Å². The molecule has 0 atom stereocenters. The third-order valence-corrected chi connectivity index (χ3v) is 2.67. The maximum atomic E-state index is 11.1. The summed E-state index contributed by atoms with van der Waals surface area (Å²) in [6, 6.07) is 1.79. The van der Waals surface area contributed by atoms with Gasteiger partial charge in [-0.3, -0.25) is 4.79 Å². The fraction of sp³-hybridized carbons (Fsp3) is 0.600. The molecule has 84 valence electrons. The molecule has 1 heterocycles. The minimum absolute atomic E-state index is 0.0518. The van der Waals surface area contributed by atoms with Crippen LogP contribution in [0.25, 0.3) is 0 Å². The third kappa shape index (κ3) is 4.63. The fourth-order valence-corrected chi connectivity index (χ4v) is 1.41. The third-order valence-electron chi connectivity index (χ3n) is 1.97. The summed E-state index contributed by atoms with van der Waals surface area (Å²) in [5, 5.41) is 6.42. The maximum absolute atomic E-state index is 11.1. The van der Waals surface area contributed by atoms with Gasteiger partial charge in [0.2, 0.25) is 5.91 Å². The smallest absolute Gasteiger partial charge is 0.235 e. The van der Waals surface area contributed by atoms with E-state index < -0.39 is 0 Å². The molecular formula is C10H15IN2O2. The molecule has 0 aliphatic rings. The van der Waals surface area contributed by atoms with Crippen molar-refractivity contribution >= 4 is 34.3 Å². The topological polar surface area (TPSA) is 55.1 Å². The lowest BCUT2D eigenvalue weighted by Crippen LogP contribution is -2.12. The zero-order chi connectivity index (χ0) is 11.1. The molecule has 0 aliphatic carbocycles. The number of amides is 1. The first-order chi connectivity index (χ1) is 7.26. The van der Waals surface area contributed by atoms with Crippen molar-refractivity contribution < 1.29 is 9.32 Å². The molecule has 1 aromatic heterocycles. The molecule has 1 aromatic rings. The van der Waals surface area contributed by atoms with Crippen LogP contribution in [0.3, 0.4) is 0 Å². The summed E-state index contributed by atoms with van der Waals surface area (Å²) in [6.07, 6.45) is 4.37. The summed E-state index contributed by atoms with van der Waals surface area (Å²) in [5.41, 5.74) is 0. The number of carbonyl (C=O) groups excluding carboxylic acids is 1. The van der Waals surface area contributed by atoms with Gasteiger partial charge >= 0.3 is 0 Å². The van der Waals surface area contributed by atoms with Crippen LogP contribution in [0, 0.1) is 0 Å². The maximum Gasteiger partial charge on any atom is 0.235 e. The molecule has 0 fully saturated rings. The lowest BCUT2D eigenvalue weighted by atomic mass is 10.2. The number of aryl methyl sites for hydroxylation is 1. The largest absolute Gasteiger partial charge is 0.359 e. The molecule has 0 aliphatic heterocycles. The number of hydrogen-bond donors (Lipinski definition) is 1. The van der Waals surface area contributed by atoms with Crippen LogP contribution >= 0.6 is 22.6 Å². The van der Waals surface area contributed by atoms with E-state index in [1.807, 2.05) is 22.6 Å². The van der Waals surface area contributed by atoms with E-state index in [-0.39, 0.29) is 5.91 Å². The van der Waals surface area contributed by atoms with Gasteiger partial charge in [0, 0.05) is 12.5 Å². The highest BCUT2D eigenvalue weighted by atomic mass is 127. The van der Waals surface area contributed by atoms with E-state index in [2.05, 4.69) is 17.4 Å². The van der Waals surface area contributed by atoms with Crippen LogP contribution < -0.4 is 5.32 Å². The molecule has 1 rings (SSSR count). The second-order valence-corrected chi connectivity index (χ2v) is 4.08. The minimum Gasteiger partial charge on any atom is -0.359 e. The van der Waals surface area contributed by atoms with E-state index >= 15 is 0 Å². The molecule has 0 unspecified atom stereocenters. The molecule has 1 N–H and O–H groups in total. The Kier molecular flexibility index (Phi) is 5.67. The number of carbonyl (C=O) groups is 1. The quantitative estimate of drug-likeness (QED) is 0.498. The highest BCUT2D eigenvalue weighted by Crippen LogP contribution is 2.12. The van der Waals surface area contributed by atoms with Gasteiger partial charge < -0.3 is 9.84 Å². The minimum atomic E-state index is -0.0518. The van der Waals surface area contributed by atoms with Gasteiger partial charge in [-0.15, -0.1) is 0 Å². The van der Waals surface area contributed by atoms with Gasteiger partial charge in [0.05, 0.1) is 4.43 Å². The van der Waals surface area contributed by atoms with Crippen molar-refractivity contribution in [3.63, 3.8) is 0 Å². The van der Waals surface area contributed by atoms with Gasteiger partial charge in [0.1, 0.15) is 5.76 Å². The van der Waals surface area contributed by atoms with Crippen molar-refractivity contribution in [2.24, 2.45) is 0 Å². The van der Waals surface area contributed by atoms with Gasteiger partial charge in [-0.25, -0.2) is 0 Å². The van der Waals surface area contributed by atoms with Crippen molar-refractivity contribution in [1.29, 1.82) is 0 Å². The predicted octanol–water partition coefficient (Wildman–Crippen LogP) is 2.78. The Morgan fingerprint density at radius 3 is 3.07 bits per heavy atom. The highest BCUT2D eigenvalue weighted by Gasteiger charge is 2.06. The van der Waals surface area contributed by atoms with Crippen molar-refractivity contribution in [3.8, 4) is 0 Å². The number of nitrogens with one attached hydrogen (secondary N) is 1. The lowest BCUT2D eigenvalue weighted by molar-refractivity contribution is -0.113. The predicted molar refractivity (Wildman–Crippen MR) is 67.2 cm³/mol. The molecule has 0 radical (unpaired) electrons. The fourth-order valence-electron chi connectivity index (χ4n) is 1.22. The van der Waals surface area contributed by atoms with Gasteiger partial charge in [0.15, 0.2) is 5.82 Å². The van der Waals surface area contributed by atoms with Crippen molar-refractivity contribution in [3.05, 3.63) is 11.8 Å². The number of aromatic nitrogens is 1. The molecule has 5 heteroatoms. The van der Waals surface area contributed by atoms with Gasteiger partial charge in [-0.2, -0.15) is 0 Å². The first kappa shape index (κ1) is 12.5. The molecule has 4 nitrogen and oxygen atoms in total. The standard InChI is InChI=1S/C10H15IN2O2/c1-2-3-4-5-8-6-9(13-15-8)12-10(14)7-11/h6H,2-5,7H2,1H3,(H,12,13,14). The zero-order valence-electron chi connectivity index (χ0n) is 8.75. The first-order valence-corrected chi connectivity index (χ1v) is 6.60. The van der Waals surface area contributed by atoms with Gasteiger partial charge in [-0.1, -0.05) is 47.5 Å². The molecule has 15 heavy (non-hydrogen) atoms. The zero-order valence-corrected chi connectivity index (χ0v) is 10.9. The van der Waals surface area contributed by atoms with Gasteiger partial charge in [-0.05, 0) is 6.42 Å². The molecule has 0 aromatic carbocycles. The van der Waals surface area contributed by atoms with E-state index in [1.165, 1.54) is 12.8 Å². The SMILES string of the molecule is CCCCCc1cc(NC(=O)CI)no1. The Labute approximate surface area is 103 Å². The Morgan fingerprint density at radius 2 is 2.40 bits per heavy atom. The number of hydrogen-bond acceptors (Lipinski definition) is 3. The number of halogens is 1. The Hall–Kier alpha value is -0.590. The average molecular weight is 322 g/mol. The van der Waals surface area contributed by atoms with Crippen LogP contribution in [-0.4, -0.2) is 15.5 Å². The van der Waals surface area contributed by atoms with E-state index in [9.17, 15) is 4.79 Å². The number of unbranched alkanes of at least 4 members (excludes halogenated alkanes) is 2. The molecule has 0 saturated carbocycles. The Balaban J connectivity index is 2.38. The number of alkyl halides is 1.